The molecule has 0 fully saturated rings. The highest BCUT2D eigenvalue weighted by Crippen LogP contribution is 2.36. The monoisotopic (exact) mass is 287 g/mol. The van der Waals surface area contributed by atoms with Gasteiger partial charge in [-0.25, -0.2) is 9.98 Å². The van der Waals surface area contributed by atoms with Crippen molar-refractivity contribution in [3.05, 3.63) is 23.8 Å². The van der Waals surface area contributed by atoms with E-state index in [2.05, 4.69) is 49.0 Å². The molecule has 21 heavy (non-hydrogen) atoms. The summed E-state index contributed by atoms with van der Waals surface area (Å²) in [7, 11) is 2.07. The molecule has 1 heterocycles. The van der Waals surface area contributed by atoms with Crippen molar-refractivity contribution < 1.29 is 0 Å². The minimum Gasteiger partial charge on any atom is -0.338 e. The lowest BCUT2D eigenvalue weighted by atomic mass is 9.77. The number of rotatable bonds is 5. The van der Waals surface area contributed by atoms with Gasteiger partial charge in [0.1, 0.15) is 17.8 Å². The fourth-order valence-corrected chi connectivity index (χ4v) is 3.02. The summed E-state index contributed by atoms with van der Waals surface area (Å²) in [5.74, 6) is 1.92. The Labute approximate surface area is 129 Å². The van der Waals surface area contributed by atoms with Gasteiger partial charge in [-0.2, -0.15) is 0 Å². The molecular formula is C18H29N3. The average Bonchev–Trinajstić information content (AvgIpc) is 2.44. The first kappa shape index (κ1) is 16.0. The van der Waals surface area contributed by atoms with Gasteiger partial charge in [0.2, 0.25) is 0 Å². The number of likely N-dealkylation sites (N-methyl/N-ethyl adjacent to an activating group) is 1. The number of nitrogens with zero attached hydrogens (tertiary/aromatic N) is 3. The van der Waals surface area contributed by atoms with Crippen LogP contribution in [0.15, 0.2) is 33.8 Å². The zero-order chi connectivity index (χ0) is 15.5. The van der Waals surface area contributed by atoms with Crippen molar-refractivity contribution in [2.75, 3.05) is 7.05 Å². The molecule has 1 aliphatic heterocycles. The van der Waals surface area contributed by atoms with E-state index in [-0.39, 0.29) is 6.17 Å². The minimum atomic E-state index is 0.0962. The fraction of sp³-hybridized carbons (Fsp3) is 0.667. The van der Waals surface area contributed by atoms with Crippen LogP contribution in [-0.2, 0) is 0 Å². The summed E-state index contributed by atoms with van der Waals surface area (Å²) in [6, 6.07) is 0. The van der Waals surface area contributed by atoms with Crippen LogP contribution in [0.1, 0.15) is 59.8 Å². The molecule has 116 valence electrons. The molecule has 1 aliphatic carbocycles. The quantitative estimate of drug-likeness (QED) is 0.681. The summed E-state index contributed by atoms with van der Waals surface area (Å²) in [6.45, 7) is 8.66. The molecular weight excluding hydrogens is 258 g/mol. The van der Waals surface area contributed by atoms with Gasteiger partial charge in [0, 0.05) is 7.05 Å². The molecule has 0 aromatic carbocycles. The van der Waals surface area contributed by atoms with Crippen LogP contribution in [0, 0.1) is 5.41 Å². The Morgan fingerprint density at radius 2 is 2.10 bits per heavy atom. The highest BCUT2D eigenvalue weighted by molar-refractivity contribution is 5.97. The third-order valence-electron chi connectivity index (χ3n) is 4.64. The molecule has 0 spiro atoms. The third-order valence-corrected chi connectivity index (χ3v) is 4.64. The summed E-state index contributed by atoms with van der Waals surface area (Å²) in [5, 5.41) is 0. The maximum atomic E-state index is 4.70. The summed E-state index contributed by atoms with van der Waals surface area (Å²) >= 11 is 0. The second-order valence-electron chi connectivity index (χ2n) is 6.67. The van der Waals surface area contributed by atoms with Crippen LogP contribution in [0.4, 0.5) is 0 Å². The maximum Gasteiger partial charge on any atom is 0.149 e. The SMILES string of the molecule is CCCCC[C@]1(C)C=CC(C2N=C(C)N=C(C)N2C)=CC1. The van der Waals surface area contributed by atoms with Gasteiger partial charge in [-0.1, -0.05) is 51.3 Å². The average molecular weight is 287 g/mol. The van der Waals surface area contributed by atoms with Crippen LogP contribution in [-0.4, -0.2) is 29.8 Å². The number of hydrogen-bond acceptors (Lipinski definition) is 3. The van der Waals surface area contributed by atoms with Crippen molar-refractivity contribution in [3.8, 4) is 0 Å². The fourth-order valence-electron chi connectivity index (χ4n) is 3.02. The van der Waals surface area contributed by atoms with E-state index in [1.807, 2.05) is 13.8 Å². The predicted octanol–water partition coefficient (Wildman–Crippen LogP) is 4.57. The number of unbranched alkanes of at least 4 members (excludes halogenated alkanes) is 2. The Bertz CT molecular complexity index is 499. The molecule has 0 saturated carbocycles. The number of amidine groups is 2. The number of hydrogen-bond donors (Lipinski definition) is 0. The van der Waals surface area contributed by atoms with E-state index in [0.29, 0.717) is 5.41 Å². The second-order valence-corrected chi connectivity index (χ2v) is 6.67. The molecule has 0 N–H and O–H groups in total. The van der Waals surface area contributed by atoms with Crippen LogP contribution in [0.3, 0.4) is 0 Å². The lowest BCUT2D eigenvalue weighted by molar-refractivity contribution is 0.363. The molecule has 0 aromatic rings. The molecule has 3 heteroatoms. The van der Waals surface area contributed by atoms with E-state index in [4.69, 9.17) is 4.99 Å². The Morgan fingerprint density at radius 3 is 2.71 bits per heavy atom. The van der Waals surface area contributed by atoms with Gasteiger partial charge in [0.05, 0.1) is 0 Å². The maximum absolute atomic E-state index is 4.70. The molecule has 0 aromatic heterocycles. The van der Waals surface area contributed by atoms with Gasteiger partial charge in [-0.15, -0.1) is 0 Å². The van der Waals surface area contributed by atoms with E-state index >= 15 is 0 Å². The summed E-state index contributed by atoms with van der Waals surface area (Å²) in [6.07, 6.45) is 13.5. The molecule has 0 saturated heterocycles. The zero-order valence-electron chi connectivity index (χ0n) is 14.2. The predicted molar refractivity (Wildman–Crippen MR) is 91.9 cm³/mol. The van der Waals surface area contributed by atoms with Crippen LogP contribution in [0.2, 0.25) is 0 Å². The topological polar surface area (TPSA) is 28.0 Å². The van der Waals surface area contributed by atoms with Gasteiger partial charge in [-0.05, 0) is 37.7 Å². The van der Waals surface area contributed by atoms with Crippen LogP contribution < -0.4 is 0 Å². The molecule has 0 amide bonds. The summed E-state index contributed by atoms with van der Waals surface area (Å²) < 4.78 is 0. The Balaban J connectivity index is 2.04. The molecule has 1 unspecified atom stereocenters. The van der Waals surface area contributed by atoms with E-state index in [1.54, 1.807) is 0 Å². The van der Waals surface area contributed by atoms with Crippen molar-refractivity contribution in [1.29, 1.82) is 0 Å². The molecule has 2 atom stereocenters. The minimum absolute atomic E-state index is 0.0962. The van der Waals surface area contributed by atoms with Crippen molar-refractivity contribution >= 4 is 11.7 Å². The van der Waals surface area contributed by atoms with Crippen molar-refractivity contribution in [3.63, 3.8) is 0 Å². The van der Waals surface area contributed by atoms with Crippen LogP contribution in [0.5, 0.6) is 0 Å². The van der Waals surface area contributed by atoms with Gasteiger partial charge < -0.3 is 4.90 Å². The van der Waals surface area contributed by atoms with E-state index in [0.717, 1.165) is 18.1 Å². The van der Waals surface area contributed by atoms with Crippen LogP contribution >= 0.6 is 0 Å². The lowest BCUT2D eigenvalue weighted by Gasteiger charge is -2.34. The van der Waals surface area contributed by atoms with E-state index in [1.165, 1.54) is 31.3 Å². The molecule has 3 nitrogen and oxygen atoms in total. The van der Waals surface area contributed by atoms with E-state index < -0.39 is 0 Å². The molecule has 2 aliphatic rings. The highest BCUT2D eigenvalue weighted by atomic mass is 15.3. The highest BCUT2D eigenvalue weighted by Gasteiger charge is 2.27. The first-order chi connectivity index (χ1) is 9.95. The number of allylic oxidation sites excluding steroid dienone is 2. The van der Waals surface area contributed by atoms with Gasteiger partial charge in [0.15, 0.2) is 0 Å². The largest absolute Gasteiger partial charge is 0.338 e. The smallest absolute Gasteiger partial charge is 0.149 e. The van der Waals surface area contributed by atoms with Gasteiger partial charge in [0.25, 0.3) is 0 Å². The van der Waals surface area contributed by atoms with Gasteiger partial charge >= 0.3 is 0 Å². The lowest BCUT2D eigenvalue weighted by Crippen LogP contribution is -2.39. The van der Waals surface area contributed by atoms with Crippen molar-refractivity contribution in [2.24, 2.45) is 15.4 Å². The third kappa shape index (κ3) is 3.84. The standard InChI is InChI=1S/C18H29N3/c1-6-7-8-11-18(4)12-9-16(10-13-18)17-20-14(2)19-15(3)21(17)5/h9-10,12,17H,6-8,11,13H2,1-5H3/t17?,18-/m1/s1. The molecule has 0 radical (unpaired) electrons. The second kappa shape index (κ2) is 6.59. The summed E-state index contributed by atoms with van der Waals surface area (Å²) in [5.41, 5.74) is 1.63. The van der Waals surface area contributed by atoms with Crippen molar-refractivity contribution in [1.82, 2.24) is 4.90 Å². The first-order valence-electron chi connectivity index (χ1n) is 8.17. The molecule has 0 bridgehead atoms. The first-order valence-corrected chi connectivity index (χ1v) is 8.17. The van der Waals surface area contributed by atoms with Crippen LogP contribution in [0.25, 0.3) is 0 Å². The van der Waals surface area contributed by atoms with Crippen molar-refractivity contribution in [2.45, 2.75) is 66.0 Å². The van der Waals surface area contributed by atoms with E-state index in [9.17, 15) is 0 Å². The zero-order valence-corrected chi connectivity index (χ0v) is 14.2. The normalized spacial score (nSPS) is 29.1. The Morgan fingerprint density at radius 1 is 1.33 bits per heavy atom. The Hall–Kier alpha value is -1.38. The molecule has 2 rings (SSSR count). The Kier molecular flexibility index (Phi) is 5.02. The summed E-state index contributed by atoms with van der Waals surface area (Å²) in [4.78, 5) is 11.3. The van der Waals surface area contributed by atoms with Gasteiger partial charge in [-0.3, -0.25) is 0 Å². The number of aliphatic imine (C=N–C) groups is 2.